The number of aryl methyl sites for hydroxylation is 1. The Morgan fingerprint density at radius 2 is 2.14 bits per heavy atom. The van der Waals surface area contributed by atoms with E-state index in [0.717, 1.165) is 25.4 Å². The van der Waals surface area contributed by atoms with E-state index in [0.29, 0.717) is 12.0 Å². The molecule has 0 saturated heterocycles. The zero-order chi connectivity index (χ0) is 14.7. The minimum absolute atomic E-state index is 0.112. The van der Waals surface area contributed by atoms with E-state index in [-0.39, 0.29) is 6.10 Å². The molecule has 1 N–H and O–H groups in total. The fourth-order valence-corrected chi connectivity index (χ4v) is 3.33. The lowest BCUT2D eigenvalue weighted by Gasteiger charge is -2.20. The maximum atomic E-state index is 5.91. The van der Waals surface area contributed by atoms with Crippen molar-refractivity contribution in [1.82, 2.24) is 15.3 Å². The van der Waals surface area contributed by atoms with Crippen molar-refractivity contribution in [1.29, 1.82) is 0 Å². The molecular formula is C17H27N3O. The molecule has 2 aliphatic carbocycles. The number of rotatable bonds is 6. The molecule has 1 heterocycles. The zero-order valence-electron chi connectivity index (χ0n) is 13.3. The van der Waals surface area contributed by atoms with Gasteiger partial charge >= 0.3 is 0 Å². The summed E-state index contributed by atoms with van der Waals surface area (Å²) in [5, 5.41) is 3.58. The molecule has 4 heteroatoms. The topological polar surface area (TPSA) is 47.0 Å². The van der Waals surface area contributed by atoms with Gasteiger partial charge in [0.25, 0.3) is 0 Å². The van der Waals surface area contributed by atoms with Gasteiger partial charge in [0, 0.05) is 30.1 Å². The van der Waals surface area contributed by atoms with E-state index in [4.69, 9.17) is 9.72 Å². The van der Waals surface area contributed by atoms with Gasteiger partial charge in [-0.1, -0.05) is 13.3 Å². The molecule has 2 unspecified atom stereocenters. The van der Waals surface area contributed by atoms with E-state index in [2.05, 4.69) is 30.3 Å². The van der Waals surface area contributed by atoms with Crippen LogP contribution in [0.1, 0.15) is 75.2 Å². The van der Waals surface area contributed by atoms with Crippen molar-refractivity contribution >= 4 is 0 Å². The summed E-state index contributed by atoms with van der Waals surface area (Å²) in [6.07, 6.45) is 9.45. The number of hydrogen-bond donors (Lipinski definition) is 1. The van der Waals surface area contributed by atoms with Crippen molar-refractivity contribution in [2.24, 2.45) is 5.92 Å². The fourth-order valence-electron chi connectivity index (χ4n) is 3.33. The first-order valence-electron chi connectivity index (χ1n) is 8.54. The highest BCUT2D eigenvalue weighted by molar-refractivity contribution is 5.24. The van der Waals surface area contributed by atoms with Gasteiger partial charge in [0.15, 0.2) is 5.82 Å². The molecule has 0 spiro atoms. The van der Waals surface area contributed by atoms with Crippen LogP contribution in [-0.2, 0) is 11.2 Å². The third-order valence-corrected chi connectivity index (χ3v) is 4.55. The number of ether oxygens (including phenoxy) is 1. The Labute approximate surface area is 127 Å². The third-order valence-electron chi connectivity index (χ3n) is 4.55. The average Bonchev–Trinajstić information content (AvgIpc) is 3.33. The van der Waals surface area contributed by atoms with Crippen LogP contribution in [-0.4, -0.2) is 23.1 Å². The monoisotopic (exact) mass is 289 g/mol. The van der Waals surface area contributed by atoms with Crippen LogP contribution in [0.15, 0.2) is 6.20 Å². The van der Waals surface area contributed by atoms with Crippen LogP contribution >= 0.6 is 0 Å². The second-order valence-corrected chi connectivity index (χ2v) is 6.20. The first kappa shape index (κ1) is 14.9. The lowest BCUT2D eigenvalue weighted by Crippen LogP contribution is -2.22. The van der Waals surface area contributed by atoms with Crippen molar-refractivity contribution < 1.29 is 4.74 Å². The summed E-state index contributed by atoms with van der Waals surface area (Å²) in [5.74, 6) is 1.55. The molecule has 4 nitrogen and oxygen atoms in total. The van der Waals surface area contributed by atoms with Gasteiger partial charge in [-0.3, -0.25) is 0 Å². The molecule has 2 aliphatic rings. The van der Waals surface area contributed by atoms with Crippen molar-refractivity contribution in [3.63, 3.8) is 0 Å². The molecule has 0 radical (unpaired) electrons. The van der Waals surface area contributed by atoms with Gasteiger partial charge in [0.05, 0.1) is 0 Å². The Morgan fingerprint density at radius 3 is 2.86 bits per heavy atom. The van der Waals surface area contributed by atoms with Gasteiger partial charge in [-0.25, -0.2) is 9.97 Å². The van der Waals surface area contributed by atoms with Crippen LogP contribution in [0.25, 0.3) is 0 Å². The Morgan fingerprint density at radius 1 is 1.29 bits per heavy atom. The number of aromatic nitrogens is 2. The molecule has 0 aromatic carbocycles. The maximum absolute atomic E-state index is 5.91. The second kappa shape index (κ2) is 6.84. The smallest absolute Gasteiger partial charge is 0.157 e. The Kier molecular flexibility index (Phi) is 4.86. The average molecular weight is 289 g/mol. The zero-order valence-corrected chi connectivity index (χ0v) is 13.3. The van der Waals surface area contributed by atoms with E-state index in [9.17, 15) is 0 Å². The van der Waals surface area contributed by atoms with Gasteiger partial charge in [-0.2, -0.15) is 0 Å². The van der Waals surface area contributed by atoms with Gasteiger partial charge < -0.3 is 10.1 Å². The molecule has 1 aromatic heterocycles. The predicted octanol–water partition coefficient (Wildman–Crippen LogP) is 3.34. The number of nitrogens with zero attached hydrogens (tertiary/aromatic N) is 2. The van der Waals surface area contributed by atoms with E-state index in [1.807, 2.05) is 0 Å². The number of nitrogens with one attached hydrogen (secondary N) is 1. The fraction of sp³-hybridized carbons (Fsp3) is 0.765. The summed E-state index contributed by atoms with van der Waals surface area (Å²) in [4.78, 5) is 9.58. The summed E-state index contributed by atoms with van der Waals surface area (Å²) in [6.45, 7) is 5.95. The molecular weight excluding hydrogens is 262 g/mol. The highest BCUT2D eigenvalue weighted by Gasteiger charge is 2.35. The number of fused-ring (bicyclic) bond motifs is 1. The molecule has 1 fully saturated rings. The van der Waals surface area contributed by atoms with E-state index < -0.39 is 0 Å². The largest absolute Gasteiger partial charge is 0.370 e. The van der Waals surface area contributed by atoms with E-state index in [1.165, 1.54) is 43.4 Å². The standard InChI is InChI=1S/C17H27N3O/c1-3-18-14-7-5-6-8-15-13(14)11-19-17(20-15)16(21-4-2)12-9-10-12/h11-12,14,16,18H,3-10H2,1-2H3. The highest BCUT2D eigenvalue weighted by Crippen LogP contribution is 2.42. The molecule has 0 bridgehead atoms. The molecule has 21 heavy (non-hydrogen) atoms. The Hall–Kier alpha value is -1.00. The lowest BCUT2D eigenvalue weighted by atomic mass is 10.0. The molecule has 0 amide bonds. The van der Waals surface area contributed by atoms with Gasteiger partial charge in [-0.05, 0) is 51.5 Å². The van der Waals surface area contributed by atoms with Gasteiger partial charge in [0.1, 0.15) is 6.10 Å². The molecule has 116 valence electrons. The van der Waals surface area contributed by atoms with Crippen LogP contribution in [0.4, 0.5) is 0 Å². The quantitative estimate of drug-likeness (QED) is 0.816. The molecule has 1 saturated carbocycles. The Balaban J connectivity index is 1.86. The molecule has 2 atom stereocenters. The van der Waals surface area contributed by atoms with E-state index in [1.54, 1.807) is 0 Å². The van der Waals surface area contributed by atoms with E-state index >= 15 is 0 Å². The first-order chi connectivity index (χ1) is 10.3. The van der Waals surface area contributed by atoms with Gasteiger partial charge in [-0.15, -0.1) is 0 Å². The van der Waals surface area contributed by atoms with Crippen LogP contribution in [0.2, 0.25) is 0 Å². The molecule has 0 aliphatic heterocycles. The lowest BCUT2D eigenvalue weighted by molar-refractivity contribution is 0.0398. The summed E-state index contributed by atoms with van der Waals surface area (Å²) >= 11 is 0. The Bertz CT molecular complexity index is 473. The van der Waals surface area contributed by atoms with Crippen molar-refractivity contribution in [3.05, 3.63) is 23.3 Å². The third kappa shape index (κ3) is 3.43. The summed E-state index contributed by atoms with van der Waals surface area (Å²) in [7, 11) is 0. The molecule has 3 rings (SSSR count). The predicted molar refractivity (Wildman–Crippen MR) is 83.1 cm³/mol. The minimum Gasteiger partial charge on any atom is -0.370 e. The summed E-state index contributed by atoms with van der Waals surface area (Å²) < 4.78 is 5.91. The van der Waals surface area contributed by atoms with Gasteiger partial charge in [0.2, 0.25) is 0 Å². The summed E-state index contributed by atoms with van der Waals surface area (Å²) in [5.41, 5.74) is 2.55. The summed E-state index contributed by atoms with van der Waals surface area (Å²) in [6, 6.07) is 0.424. The van der Waals surface area contributed by atoms with Crippen molar-refractivity contribution in [2.45, 2.75) is 64.5 Å². The first-order valence-corrected chi connectivity index (χ1v) is 8.54. The highest BCUT2D eigenvalue weighted by atomic mass is 16.5. The van der Waals surface area contributed by atoms with Crippen molar-refractivity contribution in [3.8, 4) is 0 Å². The van der Waals surface area contributed by atoms with Crippen molar-refractivity contribution in [2.75, 3.05) is 13.2 Å². The SMILES string of the molecule is CCNC1CCCCc2nc(C(OCC)C3CC3)ncc21. The number of hydrogen-bond acceptors (Lipinski definition) is 4. The minimum atomic E-state index is 0.112. The van der Waals surface area contributed by atoms with Crippen LogP contribution in [0.5, 0.6) is 0 Å². The van der Waals surface area contributed by atoms with Crippen LogP contribution in [0.3, 0.4) is 0 Å². The van der Waals surface area contributed by atoms with Crippen LogP contribution < -0.4 is 5.32 Å². The second-order valence-electron chi connectivity index (χ2n) is 6.20. The van der Waals surface area contributed by atoms with Crippen LogP contribution in [0, 0.1) is 5.92 Å². The molecule has 1 aromatic rings. The normalized spacial score (nSPS) is 23.4. The maximum Gasteiger partial charge on any atom is 0.157 e.